The maximum Gasteiger partial charge on any atom is 0.0347 e. The molecule has 1 rings (SSSR count). The lowest BCUT2D eigenvalue weighted by atomic mass is 9.95. The number of hydrogen-bond acceptors (Lipinski definition) is 1. The summed E-state index contributed by atoms with van der Waals surface area (Å²) in [7, 11) is 0. The molecule has 1 aromatic carbocycles. The average molecular weight is 222 g/mol. The summed E-state index contributed by atoms with van der Waals surface area (Å²) in [5.74, 6) is 0. The molecule has 15 heavy (non-hydrogen) atoms. The fourth-order valence-electron chi connectivity index (χ4n) is 1.62. The lowest BCUT2D eigenvalue weighted by molar-refractivity contribution is 0.670. The van der Waals surface area contributed by atoms with Gasteiger partial charge in [-0.15, -0.1) is 0 Å². The van der Waals surface area contributed by atoms with E-state index in [9.17, 15) is 0 Å². The molecule has 0 N–H and O–H groups in total. The maximum absolute atomic E-state index is 4.68. The minimum atomic E-state index is 0.0171. The molecule has 0 aliphatic carbocycles. The van der Waals surface area contributed by atoms with Gasteiger partial charge in [0.25, 0.3) is 0 Å². The Balaban J connectivity index is 2.72. The van der Waals surface area contributed by atoms with Crippen LogP contribution in [0.2, 0.25) is 0 Å². The van der Waals surface area contributed by atoms with Gasteiger partial charge in [0.2, 0.25) is 0 Å². The number of hydrogen-bond donors (Lipinski definition) is 1. The first-order chi connectivity index (χ1) is 7.10. The van der Waals surface area contributed by atoms with Crippen LogP contribution in [0.4, 0.5) is 0 Å². The minimum Gasteiger partial charge on any atom is -0.168 e. The summed E-state index contributed by atoms with van der Waals surface area (Å²) in [5, 5.41) is 0. The Bertz CT molecular complexity index is 285. The van der Waals surface area contributed by atoms with Crippen LogP contribution in [0.1, 0.15) is 51.2 Å². The predicted molar refractivity (Wildman–Crippen MR) is 71.7 cm³/mol. The third-order valence-electron chi connectivity index (χ3n) is 3.08. The van der Waals surface area contributed by atoms with Crippen LogP contribution in [0.15, 0.2) is 24.3 Å². The molecule has 0 spiro atoms. The zero-order valence-corrected chi connectivity index (χ0v) is 11.0. The average Bonchev–Trinajstić information content (AvgIpc) is 2.27. The SMILES string of the molecule is CCCCc1ccc(C(C)(S)CC)cc1. The van der Waals surface area contributed by atoms with E-state index in [2.05, 4.69) is 57.7 Å². The van der Waals surface area contributed by atoms with Crippen molar-refractivity contribution in [2.75, 3.05) is 0 Å². The van der Waals surface area contributed by atoms with Crippen molar-refractivity contribution in [1.29, 1.82) is 0 Å². The van der Waals surface area contributed by atoms with E-state index in [1.807, 2.05) is 0 Å². The highest BCUT2D eigenvalue weighted by Crippen LogP contribution is 2.31. The molecule has 84 valence electrons. The van der Waals surface area contributed by atoms with Crippen LogP contribution < -0.4 is 0 Å². The van der Waals surface area contributed by atoms with Crippen LogP contribution in [-0.2, 0) is 11.2 Å². The van der Waals surface area contributed by atoms with Crippen LogP contribution in [0.3, 0.4) is 0 Å². The summed E-state index contributed by atoms with van der Waals surface area (Å²) in [6.07, 6.45) is 4.81. The Morgan fingerprint density at radius 1 is 1.13 bits per heavy atom. The van der Waals surface area contributed by atoms with Crippen molar-refractivity contribution in [3.63, 3.8) is 0 Å². The van der Waals surface area contributed by atoms with Gasteiger partial charge in [0.05, 0.1) is 0 Å². The Kier molecular flexibility index (Phi) is 4.72. The van der Waals surface area contributed by atoms with Gasteiger partial charge in [-0.05, 0) is 37.3 Å². The van der Waals surface area contributed by atoms with Crippen LogP contribution in [-0.4, -0.2) is 0 Å². The fraction of sp³-hybridized carbons (Fsp3) is 0.571. The summed E-state index contributed by atoms with van der Waals surface area (Å²) >= 11 is 4.68. The quantitative estimate of drug-likeness (QED) is 0.692. The van der Waals surface area contributed by atoms with Crippen molar-refractivity contribution in [1.82, 2.24) is 0 Å². The molecule has 0 fully saturated rings. The van der Waals surface area contributed by atoms with Crippen molar-refractivity contribution >= 4 is 12.6 Å². The van der Waals surface area contributed by atoms with Gasteiger partial charge in [-0.25, -0.2) is 0 Å². The second-order valence-electron chi connectivity index (χ2n) is 4.43. The highest BCUT2D eigenvalue weighted by molar-refractivity contribution is 7.81. The van der Waals surface area contributed by atoms with Crippen molar-refractivity contribution < 1.29 is 0 Å². The summed E-state index contributed by atoms with van der Waals surface area (Å²) < 4.78 is 0.0171. The van der Waals surface area contributed by atoms with Crippen LogP contribution >= 0.6 is 12.6 Å². The lowest BCUT2D eigenvalue weighted by Crippen LogP contribution is -2.11. The molecular formula is C14H22S. The molecule has 1 heteroatoms. The van der Waals surface area contributed by atoms with Crippen LogP contribution in [0.5, 0.6) is 0 Å². The number of benzene rings is 1. The fourth-order valence-corrected chi connectivity index (χ4v) is 1.76. The largest absolute Gasteiger partial charge is 0.168 e. The van der Waals surface area contributed by atoms with Crippen LogP contribution in [0.25, 0.3) is 0 Å². The summed E-state index contributed by atoms with van der Waals surface area (Å²) in [6, 6.07) is 8.94. The van der Waals surface area contributed by atoms with Crippen molar-refractivity contribution in [2.45, 2.75) is 51.2 Å². The molecule has 0 radical (unpaired) electrons. The molecule has 0 heterocycles. The van der Waals surface area contributed by atoms with Crippen molar-refractivity contribution in [3.05, 3.63) is 35.4 Å². The molecule has 0 amide bonds. The van der Waals surface area contributed by atoms with E-state index in [1.165, 1.54) is 30.4 Å². The van der Waals surface area contributed by atoms with E-state index in [4.69, 9.17) is 0 Å². The number of rotatable bonds is 5. The Morgan fingerprint density at radius 3 is 2.20 bits per heavy atom. The third kappa shape index (κ3) is 3.57. The molecule has 0 aliphatic rings. The van der Waals surface area contributed by atoms with Gasteiger partial charge in [-0.3, -0.25) is 0 Å². The predicted octanol–water partition coefficient (Wildman–Crippen LogP) is 4.58. The lowest BCUT2D eigenvalue weighted by Gasteiger charge is -2.22. The van der Waals surface area contributed by atoms with E-state index in [-0.39, 0.29) is 4.75 Å². The van der Waals surface area contributed by atoms with E-state index in [0.29, 0.717) is 0 Å². The second-order valence-corrected chi connectivity index (χ2v) is 5.41. The van der Waals surface area contributed by atoms with Gasteiger partial charge in [0, 0.05) is 4.75 Å². The molecule has 0 nitrogen and oxygen atoms in total. The van der Waals surface area contributed by atoms with Gasteiger partial charge in [0.15, 0.2) is 0 Å². The summed E-state index contributed by atoms with van der Waals surface area (Å²) in [4.78, 5) is 0. The standard InChI is InChI=1S/C14H22S/c1-4-6-7-12-8-10-13(11-9-12)14(3,15)5-2/h8-11,15H,4-7H2,1-3H3. The first-order valence-corrected chi connectivity index (χ1v) is 6.36. The highest BCUT2D eigenvalue weighted by Gasteiger charge is 2.18. The van der Waals surface area contributed by atoms with Gasteiger partial charge < -0.3 is 0 Å². The summed E-state index contributed by atoms with van der Waals surface area (Å²) in [5.41, 5.74) is 2.77. The van der Waals surface area contributed by atoms with Crippen molar-refractivity contribution in [3.8, 4) is 0 Å². The molecule has 0 aliphatic heterocycles. The highest BCUT2D eigenvalue weighted by atomic mass is 32.1. The zero-order valence-electron chi connectivity index (χ0n) is 10.1. The Hall–Kier alpha value is -0.430. The maximum atomic E-state index is 4.68. The van der Waals surface area contributed by atoms with E-state index < -0.39 is 0 Å². The molecular weight excluding hydrogens is 200 g/mol. The van der Waals surface area contributed by atoms with Gasteiger partial charge in [0.1, 0.15) is 0 Å². The van der Waals surface area contributed by atoms with E-state index >= 15 is 0 Å². The second kappa shape index (κ2) is 5.60. The monoisotopic (exact) mass is 222 g/mol. The summed E-state index contributed by atoms with van der Waals surface area (Å²) in [6.45, 7) is 6.59. The number of aryl methyl sites for hydroxylation is 1. The minimum absolute atomic E-state index is 0.0171. The third-order valence-corrected chi connectivity index (χ3v) is 3.66. The molecule has 0 saturated carbocycles. The molecule has 1 atom stereocenters. The molecule has 0 aromatic heterocycles. The molecule has 1 unspecified atom stereocenters. The molecule has 0 saturated heterocycles. The van der Waals surface area contributed by atoms with Gasteiger partial charge >= 0.3 is 0 Å². The normalized spacial score (nSPS) is 14.9. The Labute approximate surface area is 99.5 Å². The number of thiol groups is 1. The molecule has 1 aromatic rings. The van der Waals surface area contributed by atoms with Crippen molar-refractivity contribution in [2.24, 2.45) is 0 Å². The topological polar surface area (TPSA) is 0 Å². The first-order valence-electron chi connectivity index (χ1n) is 5.92. The number of unbranched alkanes of at least 4 members (excludes halogenated alkanes) is 1. The smallest absolute Gasteiger partial charge is 0.0347 e. The molecule has 0 bridgehead atoms. The van der Waals surface area contributed by atoms with Gasteiger partial charge in [-0.2, -0.15) is 12.6 Å². The van der Waals surface area contributed by atoms with E-state index in [0.717, 1.165) is 6.42 Å². The van der Waals surface area contributed by atoms with Crippen LogP contribution in [0, 0.1) is 0 Å². The van der Waals surface area contributed by atoms with Gasteiger partial charge in [-0.1, -0.05) is 44.5 Å². The zero-order chi connectivity index (χ0) is 11.3. The first kappa shape index (κ1) is 12.6. The van der Waals surface area contributed by atoms with E-state index in [1.54, 1.807) is 0 Å². The Morgan fingerprint density at radius 2 is 1.73 bits per heavy atom.